The molecule has 0 amide bonds. The predicted molar refractivity (Wildman–Crippen MR) is 53.3 cm³/mol. The molecule has 2 nitrogen and oxygen atoms in total. The van der Waals surface area contributed by atoms with E-state index in [0.29, 0.717) is 6.42 Å². The van der Waals surface area contributed by atoms with E-state index in [1.165, 1.54) is 0 Å². The van der Waals surface area contributed by atoms with E-state index in [2.05, 4.69) is 18.2 Å². The van der Waals surface area contributed by atoms with Gasteiger partial charge in [-0.25, -0.2) is 0 Å². The Morgan fingerprint density at radius 3 is 2.92 bits per heavy atom. The first-order valence-corrected chi connectivity index (χ1v) is 4.50. The Kier molecular flexibility index (Phi) is 3.60. The van der Waals surface area contributed by atoms with Gasteiger partial charge in [-0.1, -0.05) is 6.92 Å². The summed E-state index contributed by atoms with van der Waals surface area (Å²) < 4.78 is 5.37. The van der Waals surface area contributed by atoms with Crippen LogP contribution in [0.15, 0.2) is 16.7 Å². The van der Waals surface area contributed by atoms with Crippen LogP contribution in [0.2, 0.25) is 0 Å². The Balaban J connectivity index is 2.76. The molecule has 0 aliphatic heterocycles. The standard InChI is InChI=1S/C11H15NO/c1-4-6-10(12-5-2)11-9(3)7-8-13-11/h1,7-8,10,12H,5-6H2,2-3H3. The van der Waals surface area contributed by atoms with Crippen molar-refractivity contribution in [3.8, 4) is 12.3 Å². The molecule has 0 aromatic carbocycles. The summed E-state index contributed by atoms with van der Waals surface area (Å²) in [5, 5.41) is 3.29. The molecule has 1 heterocycles. The molecule has 0 saturated carbocycles. The molecule has 0 fully saturated rings. The van der Waals surface area contributed by atoms with Crippen molar-refractivity contribution < 1.29 is 4.42 Å². The van der Waals surface area contributed by atoms with Gasteiger partial charge in [0.1, 0.15) is 5.76 Å². The van der Waals surface area contributed by atoms with Crippen molar-refractivity contribution in [2.24, 2.45) is 0 Å². The average Bonchev–Trinajstić information content (AvgIpc) is 2.51. The zero-order valence-electron chi connectivity index (χ0n) is 8.13. The van der Waals surface area contributed by atoms with Crippen LogP contribution in [0.4, 0.5) is 0 Å². The minimum Gasteiger partial charge on any atom is -0.467 e. The monoisotopic (exact) mass is 177 g/mol. The van der Waals surface area contributed by atoms with Crippen LogP contribution in [-0.4, -0.2) is 6.54 Å². The highest BCUT2D eigenvalue weighted by Gasteiger charge is 2.14. The Hall–Kier alpha value is -1.20. The lowest BCUT2D eigenvalue weighted by molar-refractivity contribution is 0.420. The fraction of sp³-hybridized carbons (Fsp3) is 0.455. The second-order valence-electron chi connectivity index (χ2n) is 2.99. The molecule has 1 N–H and O–H groups in total. The molecule has 0 saturated heterocycles. The quantitative estimate of drug-likeness (QED) is 0.714. The highest BCUT2D eigenvalue weighted by atomic mass is 16.3. The molecule has 70 valence electrons. The molecule has 1 unspecified atom stereocenters. The molecule has 1 rings (SSSR count). The van der Waals surface area contributed by atoms with Crippen molar-refractivity contribution in [2.45, 2.75) is 26.3 Å². The number of terminal acetylenes is 1. The third-order valence-corrected chi connectivity index (χ3v) is 1.99. The lowest BCUT2D eigenvalue weighted by Crippen LogP contribution is -2.20. The molecule has 0 spiro atoms. The SMILES string of the molecule is C#CCC(NCC)c1occc1C. The molecule has 0 radical (unpaired) electrons. The van der Waals surface area contributed by atoms with Crippen molar-refractivity contribution in [1.29, 1.82) is 0 Å². The summed E-state index contributed by atoms with van der Waals surface area (Å²) in [5.41, 5.74) is 1.15. The van der Waals surface area contributed by atoms with Crippen molar-refractivity contribution in [3.63, 3.8) is 0 Å². The second kappa shape index (κ2) is 4.74. The summed E-state index contributed by atoms with van der Waals surface area (Å²) >= 11 is 0. The largest absolute Gasteiger partial charge is 0.467 e. The number of rotatable bonds is 4. The van der Waals surface area contributed by atoms with Gasteiger partial charge in [-0.05, 0) is 25.1 Å². The Labute approximate surface area is 79.3 Å². The molecule has 13 heavy (non-hydrogen) atoms. The Morgan fingerprint density at radius 2 is 2.46 bits per heavy atom. The fourth-order valence-corrected chi connectivity index (χ4v) is 1.36. The number of aryl methyl sites for hydroxylation is 1. The van der Waals surface area contributed by atoms with Crippen LogP contribution in [0.1, 0.15) is 30.7 Å². The van der Waals surface area contributed by atoms with Crippen LogP contribution in [0.5, 0.6) is 0 Å². The minimum atomic E-state index is 0.157. The topological polar surface area (TPSA) is 25.2 Å². The van der Waals surface area contributed by atoms with Crippen LogP contribution >= 0.6 is 0 Å². The minimum absolute atomic E-state index is 0.157. The smallest absolute Gasteiger partial charge is 0.124 e. The highest BCUT2D eigenvalue weighted by molar-refractivity contribution is 5.19. The van der Waals surface area contributed by atoms with Crippen LogP contribution in [0.3, 0.4) is 0 Å². The van der Waals surface area contributed by atoms with E-state index < -0.39 is 0 Å². The van der Waals surface area contributed by atoms with E-state index in [0.717, 1.165) is 17.9 Å². The Bertz CT molecular complexity index is 295. The first kappa shape index (κ1) is 9.88. The van der Waals surface area contributed by atoms with Gasteiger partial charge in [-0.2, -0.15) is 0 Å². The van der Waals surface area contributed by atoms with Crippen molar-refractivity contribution in [2.75, 3.05) is 6.54 Å². The Morgan fingerprint density at radius 1 is 1.69 bits per heavy atom. The summed E-state index contributed by atoms with van der Waals surface area (Å²) in [4.78, 5) is 0. The zero-order valence-corrected chi connectivity index (χ0v) is 8.13. The van der Waals surface area contributed by atoms with E-state index >= 15 is 0 Å². The van der Waals surface area contributed by atoms with Gasteiger partial charge in [0.2, 0.25) is 0 Å². The maximum Gasteiger partial charge on any atom is 0.124 e. The van der Waals surface area contributed by atoms with Crippen LogP contribution < -0.4 is 5.32 Å². The maximum atomic E-state index is 5.37. The summed E-state index contributed by atoms with van der Waals surface area (Å²) in [7, 11) is 0. The van der Waals surface area contributed by atoms with Crippen LogP contribution in [0.25, 0.3) is 0 Å². The van der Waals surface area contributed by atoms with Gasteiger partial charge in [-0.15, -0.1) is 12.3 Å². The third-order valence-electron chi connectivity index (χ3n) is 1.99. The number of hydrogen-bond donors (Lipinski definition) is 1. The molecular formula is C11H15NO. The summed E-state index contributed by atoms with van der Waals surface area (Å²) in [5.74, 6) is 3.60. The molecular weight excluding hydrogens is 162 g/mol. The van der Waals surface area contributed by atoms with E-state index in [4.69, 9.17) is 10.8 Å². The molecule has 1 aromatic rings. The molecule has 0 bridgehead atoms. The van der Waals surface area contributed by atoms with Gasteiger partial charge < -0.3 is 9.73 Å². The van der Waals surface area contributed by atoms with Crippen LogP contribution in [0, 0.1) is 19.3 Å². The first-order chi connectivity index (χ1) is 6.29. The van der Waals surface area contributed by atoms with Gasteiger partial charge >= 0.3 is 0 Å². The van der Waals surface area contributed by atoms with E-state index in [1.54, 1.807) is 6.26 Å². The molecule has 0 aliphatic carbocycles. The number of nitrogens with one attached hydrogen (secondary N) is 1. The molecule has 0 aliphatic rings. The third kappa shape index (κ3) is 2.37. The van der Waals surface area contributed by atoms with E-state index in [9.17, 15) is 0 Å². The van der Waals surface area contributed by atoms with E-state index in [1.807, 2.05) is 13.0 Å². The van der Waals surface area contributed by atoms with Gasteiger partial charge in [0.25, 0.3) is 0 Å². The van der Waals surface area contributed by atoms with Gasteiger partial charge in [0.05, 0.1) is 12.3 Å². The zero-order chi connectivity index (χ0) is 9.68. The predicted octanol–water partition coefficient (Wildman–Crippen LogP) is 2.26. The van der Waals surface area contributed by atoms with Gasteiger partial charge in [0, 0.05) is 6.42 Å². The van der Waals surface area contributed by atoms with Crippen molar-refractivity contribution in [1.82, 2.24) is 5.32 Å². The molecule has 2 heteroatoms. The van der Waals surface area contributed by atoms with E-state index in [-0.39, 0.29) is 6.04 Å². The van der Waals surface area contributed by atoms with Gasteiger partial charge in [0.15, 0.2) is 0 Å². The lowest BCUT2D eigenvalue weighted by atomic mass is 10.1. The highest BCUT2D eigenvalue weighted by Crippen LogP contribution is 2.20. The lowest BCUT2D eigenvalue weighted by Gasteiger charge is -2.13. The number of hydrogen-bond acceptors (Lipinski definition) is 2. The molecule has 1 aromatic heterocycles. The number of furan rings is 1. The first-order valence-electron chi connectivity index (χ1n) is 4.50. The normalized spacial score (nSPS) is 12.4. The molecule has 1 atom stereocenters. The fourth-order valence-electron chi connectivity index (χ4n) is 1.36. The second-order valence-corrected chi connectivity index (χ2v) is 2.99. The van der Waals surface area contributed by atoms with Crippen molar-refractivity contribution >= 4 is 0 Å². The summed E-state index contributed by atoms with van der Waals surface area (Å²) in [6.45, 7) is 4.98. The van der Waals surface area contributed by atoms with Crippen LogP contribution in [-0.2, 0) is 0 Å². The summed E-state index contributed by atoms with van der Waals surface area (Å²) in [6.07, 6.45) is 7.65. The average molecular weight is 177 g/mol. The maximum absolute atomic E-state index is 5.37. The van der Waals surface area contributed by atoms with Crippen molar-refractivity contribution in [3.05, 3.63) is 23.7 Å². The van der Waals surface area contributed by atoms with Gasteiger partial charge in [-0.3, -0.25) is 0 Å². The summed E-state index contributed by atoms with van der Waals surface area (Å²) in [6, 6.07) is 2.11.